The number of aromatic amines is 2. The van der Waals surface area contributed by atoms with Crippen LogP contribution in [0.25, 0.3) is 0 Å². The summed E-state index contributed by atoms with van der Waals surface area (Å²) in [5.41, 5.74) is 0.654. The summed E-state index contributed by atoms with van der Waals surface area (Å²) in [5, 5.41) is 17.0. The third-order valence-corrected chi connectivity index (χ3v) is 2.63. The second-order valence-corrected chi connectivity index (χ2v) is 4.16. The Bertz CT molecular complexity index is 715. The van der Waals surface area contributed by atoms with E-state index in [2.05, 4.69) is 25.2 Å². The molecule has 2 aromatic rings. The normalized spacial score (nSPS) is 10.2. The largest absolute Gasteiger partial charge is 0.477 e. The quantitative estimate of drug-likeness (QED) is 0.614. The zero-order valence-corrected chi connectivity index (χ0v) is 11.2. The van der Waals surface area contributed by atoms with Crippen LogP contribution in [0.3, 0.4) is 0 Å². The molecule has 0 fully saturated rings. The van der Waals surface area contributed by atoms with Crippen LogP contribution < -0.4 is 5.32 Å². The number of ether oxygens (including phenoxy) is 1. The lowest BCUT2D eigenvalue weighted by atomic mass is 10.3. The first kappa shape index (κ1) is 14.3. The SMILES string of the molecule is COC(=O)c1[nH]c(C)cc1NC(=O)c1cc(C(=O)O)[nH]n1. The molecular formula is C12H12N4O5. The van der Waals surface area contributed by atoms with E-state index >= 15 is 0 Å². The molecule has 0 aliphatic heterocycles. The summed E-state index contributed by atoms with van der Waals surface area (Å²) >= 11 is 0. The molecule has 21 heavy (non-hydrogen) atoms. The molecule has 2 heterocycles. The molecular weight excluding hydrogens is 280 g/mol. The van der Waals surface area contributed by atoms with Crippen molar-refractivity contribution in [3.05, 3.63) is 34.9 Å². The van der Waals surface area contributed by atoms with Gasteiger partial charge in [-0.15, -0.1) is 0 Å². The number of aromatic nitrogens is 3. The van der Waals surface area contributed by atoms with Crippen LogP contribution in [0.15, 0.2) is 12.1 Å². The van der Waals surface area contributed by atoms with Gasteiger partial charge >= 0.3 is 11.9 Å². The lowest BCUT2D eigenvalue weighted by Gasteiger charge is -2.03. The molecule has 1 amide bonds. The predicted octanol–water partition coefficient (Wildman–Crippen LogP) is 0.783. The molecule has 0 unspecified atom stereocenters. The van der Waals surface area contributed by atoms with Crippen LogP contribution in [0.2, 0.25) is 0 Å². The van der Waals surface area contributed by atoms with E-state index in [4.69, 9.17) is 5.11 Å². The van der Waals surface area contributed by atoms with Crippen molar-refractivity contribution in [2.75, 3.05) is 12.4 Å². The molecule has 9 nitrogen and oxygen atoms in total. The van der Waals surface area contributed by atoms with Crippen molar-refractivity contribution in [2.45, 2.75) is 6.92 Å². The van der Waals surface area contributed by atoms with Gasteiger partial charge in [-0.25, -0.2) is 9.59 Å². The molecule has 0 radical (unpaired) electrons. The van der Waals surface area contributed by atoms with Gasteiger partial charge in [-0.2, -0.15) is 5.10 Å². The fourth-order valence-corrected chi connectivity index (χ4v) is 1.68. The number of carboxylic acids is 1. The molecule has 0 spiro atoms. The number of aromatic carboxylic acids is 1. The Hall–Kier alpha value is -3.10. The number of amides is 1. The first-order valence-electron chi connectivity index (χ1n) is 5.80. The van der Waals surface area contributed by atoms with Gasteiger partial charge in [-0.05, 0) is 13.0 Å². The lowest BCUT2D eigenvalue weighted by molar-refractivity contribution is 0.0595. The fraction of sp³-hybridized carbons (Fsp3) is 0.167. The van der Waals surface area contributed by atoms with Crippen molar-refractivity contribution < 1.29 is 24.2 Å². The van der Waals surface area contributed by atoms with Crippen molar-refractivity contribution in [3.63, 3.8) is 0 Å². The molecule has 110 valence electrons. The third-order valence-electron chi connectivity index (χ3n) is 2.63. The van der Waals surface area contributed by atoms with Crippen molar-refractivity contribution in [1.82, 2.24) is 15.2 Å². The monoisotopic (exact) mass is 292 g/mol. The second-order valence-electron chi connectivity index (χ2n) is 4.16. The molecule has 0 saturated carbocycles. The summed E-state index contributed by atoms with van der Waals surface area (Å²) in [6.45, 7) is 1.71. The first-order chi connectivity index (χ1) is 9.92. The smallest absolute Gasteiger partial charge is 0.356 e. The van der Waals surface area contributed by atoms with Crippen LogP contribution in [-0.4, -0.2) is 45.2 Å². The summed E-state index contributed by atoms with van der Waals surface area (Å²) in [6, 6.07) is 2.64. The van der Waals surface area contributed by atoms with Crippen molar-refractivity contribution in [2.24, 2.45) is 0 Å². The zero-order chi connectivity index (χ0) is 15.6. The van der Waals surface area contributed by atoms with Crippen LogP contribution in [0.5, 0.6) is 0 Å². The molecule has 0 bridgehead atoms. The third kappa shape index (κ3) is 2.91. The van der Waals surface area contributed by atoms with Gasteiger partial charge in [0.2, 0.25) is 0 Å². The molecule has 0 aliphatic rings. The van der Waals surface area contributed by atoms with Gasteiger partial charge in [0.1, 0.15) is 11.4 Å². The topological polar surface area (TPSA) is 137 Å². The van der Waals surface area contributed by atoms with E-state index in [0.717, 1.165) is 6.07 Å². The Morgan fingerprint density at radius 1 is 1.33 bits per heavy atom. The minimum Gasteiger partial charge on any atom is -0.477 e. The van der Waals surface area contributed by atoms with E-state index in [1.807, 2.05) is 0 Å². The number of carboxylic acid groups (broad SMARTS) is 1. The maximum atomic E-state index is 12.0. The number of carbonyl (C=O) groups excluding carboxylic acids is 2. The van der Waals surface area contributed by atoms with Gasteiger partial charge < -0.3 is 20.1 Å². The van der Waals surface area contributed by atoms with Gasteiger partial charge in [0.15, 0.2) is 5.69 Å². The molecule has 2 aromatic heterocycles. The number of aryl methyl sites for hydroxylation is 1. The Labute approximate surface area is 118 Å². The zero-order valence-electron chi connectivity index (χ0n) is 11.2. The Kier molecular flexibility index (Phi) is 3.74. The molecule has 0 saturated heterocycles. The average Bonchev–Trinajstić information content (AvgIpc) is 3.04. The highest BCUT2D eigenvalue weighted by atomic mass is 16.5. The number of methoxy groups -OCH3 is 1. The highest BCUT2D eigenvalue weighted by molar-refractivity contribution is 6.07. The van der Waals surface area contributed by atoms with E-state index in [1.54, 1.807) is 13.0 Å². The van der Waals surface area contributed by atoms with Crippen LogP contribution >= 0.6 is 0 Å². The molecule has 2 rings (SSSR count). The van der Waals surface area contributed by atoms with E-state index in [9.17, 15) is 14.4 Å². The predicted molar refractivity (Wildman–Crippen MR) is 70.4 cm³/mol. The maximum absolute atomic E-state index is 12.0. The maximum Gasteiger partial charge on any atom is 0.356 e. The van der Waals surface area contributed by atoms with E-state index in [0.29, 0.717) is 5.69 Å². The first-order valence-corrected chi connectivity index (χ1v) is 5.80. The molecule has 0 atom stereocenters. The van der Waals surface area contributed by atoms with Crippen LogP contribution in [-0.2, 0) is 4.74 Å². The number of carbonyl (C=O) groups is 3. The molecule has 0 aliphatic carbocycles. The number of hydrogen-bond donors (Lipinski definition) is 4. The van der Waals surface area contributed by atoms with E-state index < -0.39 is 17.8 Å². The molecule has 4 N–H and O–H groups in total. The standard InChI is InChI=1S/C12H12N4O5/c1-5-3-6(9(13-5)12(20)21-2)14-10(17)7-4-8(11(18)19)16-15-7/h3-4,13H,1-2H3,(H,14,17)(H,15,16)(H,18,19). The fourth-order valence-electron chi connectivity index (χ4n) is 1.68. The Balaban J connectivity index is 2.23. The average molecular weight is 292 g/mol. The highest BCUT2D eigenvalue weighted by Gasteiger charge is 2.19. The van der Waals surface area contributed by atoms with E-state index in [-0.39, 0.29) is 22.8 Å². The summed E-state index contributed by atoms with van der Waals surface area (Å²) in [4.78, 5) is 37.0. The number of nitrogens with zero attached hydrogens (tertiary/aromatic N) is 1. The number of esters is 1. The van der Waals surface area contributed by atoms with Crippen LogP contribution in [0, 0.1) is 6.92 Å². The Morgan fingerprint density at radius 2 is 2.05 bits per heavy atom. The number of rotatable bonds is 4. The second kappa shape index (κ2) is 5.49. The summed E-state index contributed by atoms with van der Waals surface area (Å²) in [6.07, 6.45) is 0. The number of anilines is 1. The van der Waals surface area contributed by atoms with Gasteiger partial charge in [0, 0.05) is 11.8 Å². The minimum atomic E-state index is -1.23. The summed E-state index contributed by atoms with van der Waals surface area (Å²) in [7, 11) is 1.22. The van der Waals surface area contributed by atoms with Crippen LogP contribution in [0.4, 0.5) is 5.69 Å². The summed E-state index contributed by atoms with van der Waals surface area (Å²) < 4.78 is 4.59. The number of hydrogen-bond acceptors (Lipinski definition) is 5. The minimum absolute atomic E-state index is 0.0948. The number of nitrogens with one attached hydrogen (secondary N) is 3. The van der Waals surface area contributed by atoms with Crippen molar-refractivity contribution >= 4 is 23.5 Å². The Morgan fingerprint density at radius 3 is 2.62 bits per heavy atom. The van der Waals surface area contributed by atoms with Gasteiger partial charge in [0.25, 0.3) is 5.91 Å². The van der Waals surface area contributed by atoms with Gasteiger partial charge in [0.05, 0.1) is 12.8 Å². The molecule has 0 aromatic carbocycles. The number of H-pyrrole nitrogens is 2. The summed E-state index contributed by atoms with van der Waals surface area (Å²) in [5.74, 6) is -2.51. The van der Waals surface area contributed by atoms with Gasteiger partial charge in [-0.3, -0.25) is 9.89 Å². The highest BCUT2D eigenvalue weighted by Crippen LogP contribution is 2.18. The molecule has 9 heteroatoms. The van der Waals surface area contributed by atoms with E-state index in [1.165, 1.54) is 7.11 Å². The lowest BCUT2D eigenvalue weighted by Crippen LogP contribution is -2.15. The van der Waals surface area contributed by atoms with Gasteiger partial charge in [-0.1, -0.05) is 0 Å². The van der Waals surface area contributed by atoms with Crippen molar-refractivity contribution in [3.8, 4) is 0 Å². The van der Waals surface area contributed by atoms with Crippen molar-refractivity contribution in [1.29, 1.82) is 0 Å². The van der Waals surface area contributed by atoms with Crippen LogP contribution in [0.1, 0.15) is 37.2 Å².